The zero-order valence-electron chi connectivity index (χ0n) is 17.6. The minimum atomic E-state index is -0.619. The van der Waals surface area contributed by atoms with Crippen LogP contribution in [-0.4, -0.2) is 17.0 Å². The minimum Gasteiger partial charge on any atom is -0.329 e. The van der Waals surface area contributed by atoms with Gasteiger partial charge >= 0.3 is 0 Å². The SMILES string of the molecule is CC(C)[C@]1(C#CCn2c3ccccc3c3ccccc32)CN(c2ccc(Br)cc2)C1=O. The summed E-state index contributed by atoms with van der Waals surface area (Å²) in [7, 11) is 0. The third kappa shape index (κ3) is 3.16. The van der Waals surface area contributed by atoms with E-state index in [0.717, 1.165) is 10.2 Å². The van der Waals surface area contributed by atoms with Crippen molar-refractivity contribution in [3.8, 4) is 11.8 Å². The van der Waals surface area contributed by atoms with Crippen LogP contribution in [0, 0.1) is 23.2 Å². The fraction of sp³-hybridized carbons (Fsp3) is 0.222. The highest BCUT2D eigenvalue weighted by molar-refractivity contribution is 9.10. The molecule has 1 saturated heterocycles. The molecule has 0 saturated carbocycles. The second-order valence-electron chi connectivity index (χ2n) is 8.42. The zero-order chi connectivity index (χ0) is 21.6. The van der Waals surface area contributed by atoms with E-state index < -0.39 is 5.41 Å². The van der Waals surface area contributed by atoms with Gasteiger partial charge < -0.3 is 9.47 Å². The fourth-order valence-electron chi connectivity index (χ4n) is 4.48. The van der Waals surface area contributed by atoms with Crippen molar-refractivity contribution in [3.63, 3.8) is 0 Å². The molecular weight excluding hydrogens is 448 g/mol. The third-order valence-corrected chi connectivity index (χ3v) is 6.92. The molecule has 0 unspecified atom stereocenters. The Morgan fingerprint density at radius 1 is 0.935 bits per heavy atom. The van der Waals surface area contributed by atoms with E-state index in [-0.39, 0.29) is 11.8 Å². The van der Waals surface area contributed by atoms with Gasteiger partial charge in [0.15, 0.2) is 0 Å². The Morgan fingerprint density at radius 3 is 2.06 bits per heavy atom. The number of carbonyl (C=O) groups excluding carboxylic acids is 1. The van der Waals surface area contributed by atoms with Crippen LogP contribution in [0.15, 0.2) is 77.3 Å². The van der Waals surface area contributed by atoms with Crippen LogP contribution in [0.1, 0.15) is 13.8 Å². The third-order valence-electron chi connectivity index (χ3n) is 6.39. The van der Waals surface area contributed by atoms with Crippen LogP contribution in [0.3, 0.4) is 0 Å². The van der Waals surface area contributed by atoms with E-state index in [9.17, 15) is 4.79 Å². The van der Waals surface area contributed by atoms with Gasteiger partial charge in [-0.05, 0) is 42.3 Å². The van der Waals surface area contributed by atoms with E-state index in [1.807, 2.05) is 29.2 Å². The van der Waals surface area contributed by atoms with Crippen molar-refractivity contribution in [1.29, 1.82) is 0 Å². The van der Waals surface area contributed by atoms with Crippen LogP contribution in [0.25, 0.3) is 21.8 Å². The summed E-state index contributed by atoms with van der Waals surface area (Å²) in [6.45, 7) is 5.37. The highest BCUT2D eigenvalue weighted by Crippen LogP contribution is 2.41. The van der Waals surface area contributed by atoms with Gasteiger partial charge in [-0.3, -0.25) is 4.79 Å². The van der Waals surface area contributed by atoms with Gasteiger partial charge in [0.25, 0.3) is 0 Å². The Hall–Kier alpha value is -3.03. The summed E-state index contributed by atoms with van der Waals surface area (Å²) < 4.78 is 3.26. The zero-order valence-corrected chi connectivity index (χ0v) is 19.2. The summed E-state index contributed by atoms with van der Waals surface area (Å²) in [5.74, 6) is 7.00. The Labute approximate surface area is 190 Å². The summed E-state index contributed by atoms with van der Waals surface area (Å²) in [6, 6.07) is 24.7. The number of fused-ring (bicyclic) bond motifs is 3. The maximum absolute atomic E-state index is 13.2. The summed E-state index contributed by atoms with van der Waals surface area (Å²) in [5.41, 5.74) is 2.65. The average Bonchev–Trinajstić information content (AvgIpc) is 3.10. The lowest BCUT2D eigenvalue weighted by molar-refractivity contribution is -0.133. The molecule has 0 bridgehead atoms. The summed E-state index contributed by atoms with van der Waals surface area (Å²) in [5, 5.41) is 2.47. The van der Waals surface area contributed by atoms with Crippen LogP contribution < -0.4 is 4.90 Å². The molecule has 0 radical (unpaired) electrons. The first-order valence-electron chi connectivity index (χ1n) is 10.5. The molecule has 1 aromatic heterocycles. The summed E-state index contributed by atoms with van der Waals surface area (Å²) in [6.07, 6.45) is 0. The topological polar surface area (TPSA) is 25.2 Å². The number of anilines is 1. The molecular formula is C27H23BrN2O. The normalized spacial score (nSPS) is 18.3. The molecule has 1 aliphatic heterocycles. The van der Waals surface area contributed by atoms with Gasteiger partial charge in [0.05, 0.1) is 13.1 Å². The fourth-order valence-corrected chi connectivity index (χ4v) is 4.75. The lowest BCUT2D eigenvalue weighted by Crippen LogP contribution is -2.63. The quantitative estimate of drug-likeness (QED) is 0.256. The molecule has 0 aliphatic carbocycles. The lowest BCUT2D eigenvalue weighted by atomic mass is 9.70. The predicted octanol–water partition coefficient (Wildman–Crippen LogP) is 6.25. The number of halogens is 1. The number of hydrogen-bond acceptors (Lipinski definition) is 1. The Kier molecular flexibility index (Phi) is 4.87. The van der Waals surface area contributed by atoms with Crippen molar-refractivity contribution < 1.29 is 4.79 Å². The molecule has 0 N–H and O–H groups in total. The van der Waals surface area contributed by atoms with E-state index >= 15 is 0 Å². The van der Waals surface area contributed by atoms with Gasteiger partial charge in [0.1, 0.15) is 5.41 Å². The monoisotopic (exact) mass is 470 g/mol. The molecule has 4 aromatic rings. The largest absolute Gasteiger partial charge is 0.329 e. The van der Waals surface area contributed by atoms with Crippen LogP contribution >= 0.6 is 15.9 Å². The number of nitrogens with zero attached hydrogens (tertiary/aromatic N) is 2. The summed E-state index contributed by atoms with van der Waals surface area (Å²) in [4.78, 5) is 15.1. The van der Waals surface area contributed by atoms with E-state index in [0.29, 0.717) is 13.1 Å². The molecule has 3 nitrogen and oxygen atoms in total. The average molecular weight is 471 g/mol. The molecule has 3 aromatic carbocycles. The van der Waals surface area contributed by atoms with Crippen LogP contribution in [0.2, 0.25) is 0 Å². The van der Waals surface area contributed by atoms with E-state index in [4.69, 9.17) is 0 Å². The number of aromatic nitrogens is 1. The molecule has 1 fully saturated rings. The summed E-state index contributed by atoms with van der Waals surface area (Å²) >= 11 is 3.45. The first kappa shape index (κ1) is 19.9. The van der Waals surface area contributed by atoms with Crippen molar-refractivity contribution in [2.45, 2.75) is 20.4 Å². The molecule has 4 heteroatoms. The number of para-hydroxylation sites is 2. The number of β-lactam (4-membered cyclic amide) rings is 1. The number of benzene rings is 3. The second kappa shape index (κ2) is 7.59. The van der Waals surface area contributed by atoms with Gasteiger partial charge in [0.2, 0.25) is 5.91 Å². The van der Waals surface area contributed by atoms with Gasteiger partial charge in [-0.25, -0.2) is 0 Å². The highest BCUT2D eigenvalue weighted by atomic mass is 79.9. The first-order chi connectivity index (χ1) is 15.0. The smallest absolute Gasteiger partial charge is 0.247 e. The number of amides is 1. The molecule has 31 heavy (non-hydrogen) atoms. The predicted molar refractivity (Wildman–Crippen MR) is 131 cm³/mol. The van der Waals surface area contributed by atoms with Crippen molar-refractivity contribution in [3.05, 3.63) is 77.3 Å². The van der Waals surface area contributed by atoms with Crippen molar-refractivity contribution in [2.24, 2.45) is 11.3 Å². The molecule has 5 rings (SSSR count). The second-order valence-corrected chi connectivity index (χ2v) is 9.33. The lowest BCUT2D eigenvalue weighted by Gasteiger charge is -2.48. The maximum Gasteiger partial charge on any atom is 0.247 e. The highest BCUT2D eigenvalue weighted by Gasteiger charge is 2.53. The van der Waals surface area contributed by atoms with Crippen molar-refractivity contribution in [2.75, 3.05) is 11.4 Å². The Balaban J connectivity index is 1.47. The van der Waals surface area contributed by atoms with E-state index in [1.165, 1.54) is 21.8 Å². The van der Waals surface area contributed by atoms with Crippen LogP contribution in [-0.2, 0) is 11.3 Å². The standard InChI is InChI=1S/C27H23BrN2O/c1-19(2)27(18-30(26(27)31)21-14-12-20(28)13-15-21)16-7-17-29-24-10-5-3-8-22(24)23-9-4-6-11-25(23)29/h3-6,8-15,19H,17-18H2,1-2H3/t27-/m0/s1. The minimum absolute atomic E-state index is 0.0968. The molecule has 1 aliphatic rings. The van der Waals surface area contributed by atoms with Crippen molar-refractivity contribution >= 4 is 49.3 Å². The van der Waals surface area contributed by atoms with Crippen LogP contribution in [0.5, 0.6) is 0 Å². The van der Waals surface area contributed by atoms with E-state index in [1.54, 1.807) is 0 Å². The first-order valence-corrected chi connectivity index (χ1v) is 11.3. The molecule has 154 valence electrons. The van der Waals surface area contributed by atoms with Gasteiger partial charge in [-0.2, -0.15) is 0 Å². The van der Waals surface area contributed by atoms with E-state index in [2.05, 4.69) is 94.7 Å². The van der Waals surface area contributed by atoms with Crippen molar-refractivity contribution in [1.82, 2.24) is 4.57 Å². The number of rotatable bonds is 3. The number of hydrogen-bond donors (Lipinski definition) is 0. The number of carbonyl (C=O) groups is 1. The molecule has 2 heterocycles. The van der Waals surface area contributed by atoms with Gasteiger partial charge in [-0.15, -0.1) is 0 Å². The maximum atomic E-state index is 13.2. The Morgan fingerprint density at radius 2 is 1.52 bits per heavy atom. The van der Waals surface area contributed by atoms with Crippen LogP contribution in [0.4, 0.5) is 5.69 Å². The molecule has 0 spiro atoms. The Bertz CT molecular complexity index is 1300. The van der Waals surface area contributed by atoms with Gasteiger partial charge in [0, 0.05) is 32.0 Å². The van der Waals surface area contributed by atoms with Gasteiger partial charge in [-0.1, -0.05) is 78.0 Å². The molecule has 1 atom stereocenters. The molecule has 1 amide bonds.